The highest BCUT2D eigenvalue weighted by molar-refractivity contribution is 9.10. The van der Waals surface area contributed by atoms with Crippen molar-refractivity contribution in [3.8, 4) is 5.75 Å². The van der Waals surface area contributed by atoms with E-state index in [9.17, 15) is 0 Å². The average molecular weight is 328 g/mol. The smallest absolute Gasteiger partial charge is 0.126 e. The summed E-state index contributed by atoms with van der Waals surface area (Å²) in [4.78, 5) is 0. The van der Waals surface area contributed by atoms with Crippen molar-refractivity contribution in [1.82, 2.24) is 0 Å². The van der Waals surface area contributed by atoms with E-state index in [1.54, 1.807) is 0 Å². The molecule has 3 nitrogen and oxygen atoms in total. The molecular weight excluding hydrogens is 306 g/mol. The summed E-state index contributed by atoms with van der Waals surface area (Å²) in [6, 6.07) is 4.07. The predicted octanol–water partition coefficient (Wildman–Crippen LogP) is 3.55. The molecule has 1 fully saturated rings. The second kappa shape index (κ2) is 5.81. The van der Waals surface area contributed by atoms with Crippen molar-refractivity contribution in [1.29, 1.82) is 0 Å². The zero-order chi connectivity index (χ0) is 14.0. The van der Waals surface area contributed by atoms with Crippen LogP contribution in [0.1, 0.15) is 37.8 Å². The van der Waals surface area contributed by atoms with E-state index in [1.807, 2.05) is 19.1 Å². The van der Waals surface area contributed by atoms with Gasteiger partial charge in [-0.05, 0) is 51.3 Å². The van der Waals surface area contributed by atoms with E-state index >= 15 is 0 Å². The van der Waals surface area contributed by atoms with E-state index in [1.165, 1.54) is 0 Å². The summed E-state index contributed by atoms with van der Waals surface area (Å²) in [5, 5.41) is 0. The van der Waals surface area contributed by atoms with Gasteiger partial charge in [0.2, 0.25) is 0 Å². The van der Waals surface area contributed by atoms with Crippen molar-refractivity contribution in [2.24, 2.45) is 5.73 Å². The van der Waals surface area contributed by atoms with Gasteiger partial charge < -0.3 is 15.2 Å². The van der Waals surface area contributed by atoms with E-state index in [-0.39, 0.29) is 11.7 Å². The summed E-state index contributed by atoms with van der Waals surface area (Å²) in [7, 11) is 0. The molecule has 0 aromatic heterocycles. The number of halogens is 1. The van der Waals surface area contributed by atoms with Gasteiger partial charge in [-0.2, -0.15) is 0 Å². The third kappa shape index (κ3) is 3.71. The molecule has 0 radical (unpaired) electrons. The minimum atomic E-state index is -0.0144. The number of hydrogen-bond donors (Lipinski definition) is 1. The van der Waals surface area contributed by atoms with Crippen molar-refractivity contribution in [3.05, 3.63) is 27.7 Å². The fourth-order valence-corrected chi connectivity index (χ4v) is 3.15. The van der Waals surface area contributed by atoms with Crippen LogP contribution in [-0.4, -0.2) is 18.3 Å². The molecule has 1 aromatic carbocycles. The maximum atomic E-state index is 5.97. The van der Waals surface area contributed by atoms with Gasteiger partial charge in [0.05, 0.1) is 11.7 Å². The van der Waals surface area contributed by atoms with Crippen LogP contribution in [0.3, 0.4) is 0 Å². The molecule has 4 heteroatoms. The van der Waals surface area contributed by atoms with Crippen LogP contribution < -0.4 is 10.5 Å². The second-order valence-electron chi connectivity index (χ2n) is 5.76. The molecule has 0 saturated carbocycles. The molecule has 1 aromatic rings. The lowest BCUT2D eigenvalue weighted by molar-refractivity contribution is -0.0328. The lowest BCUT2D eigenvalue weighted by Crippen LogP contribution is -2.24. The molecule has 2 N–H and O–H groups in total. The molecule has 0 spiro atoms. The molecule has 1 heterocycles. The zero-order valence-corrected chi connectivity index (χ0v) is 13.4. The van der Waals surface area contributed by atoms with E-state index in [0.29, 0.717) is 13.2 Å². The zero-order valence-electron chi connectivity index (χ0n) is 11.8. The first-order valence-electron chi connectivity index (χ1n) is 6.71. The molecule has 0 aliphatic carbocycles. The number of aryl methyl sites for hydroxylation is 1. The number of hydrogen-bond acceptors (Lipinski definition) is 3. The summed E-state index contributed by atoms with van der Waals surface area (Å²) >= 11 is 3.48. The molecule has 0 bridgehead atoms. The Balaban J connectivity index is 2.04. The average Bonchev–Trinajstić information content (AvgIpc) is 2.67. The van der Waals surface area contributed by atoms with Crippen molar-refractivity contribution in [2.45, 2.75) is 51.9 Å². The van der Waals surface area contributed by atoms with Crippen LogP contribution in [0.2, 0.25) is 0 Å². The molecule has 1 unspecified atom stereocenters. The number of benzene rings is 1. The fraction of sp³-hybridized carbons (Fsp3) is 0.600. The maximum absolute atomic E-state index is 5.97. The Bertz CT molecular complexity index is 460. The van der Waals surface area contributed by atoms with Crippen LogP contribution in [0, 0.1) is 6.92 Å². The van der Waals surface area contributed by atoms with Gasteiger partial charge in [0, 0.05) is 16.6 Å². The SMILES string of the molecule is Cc1cc(Br)cc(CN)c1OCC1CCC(C)(C)O1. The van der Waals surface area contributed by atoms with E-state index in [2.05, 4.69) is 29.8 Å². The summed E-state index contributed by atoms with van der Waals surface area (Å²) in [5.41, 5.74) is 7.90. The molecule has 1 atom stereocenters. The number of rotatable bonds is 4. The van der Waals surface area contributed by atoms with E-state index < -0.39 is 0 Å². The Labute approximate surface area is 123 Å². The van der Waals surface area contributed by atoms with Crippen molar-refractivity contribution in [3.63, 3.8) is 0 Å². The van der Waals surface area contributed by atoms with Crippen LogP contribution >= 0.6 is 15.9 Å². The van der Waals surface area contributed by atoms with Crippen LogP contribution in [0.5, 0.6) is 5.75 Å². The maximum Gasteiger partial charge on any atom is 0.126 e. The van der Waals surface area contributed by atoms with Gasteiger partial charge in [-0.15, -0.1) is 0 Å². The van der Waals surface area contributed by atoms with E-state index in [0.717, 1.165) is 34.2 Å². The Morgan fingerprint density at radius 3 is 2.79 bits per heavy atom. The highest BCUT2D eigenvalue weighted by atomic mass is 79.9. The Morgan fingerprint density at radius 2 is 2.21 bits per heavy atom. The minimum absolute atomic E-state index is 0.0144. The van der Waals surface area contributed by atoms with Crippen molar-refractivity contribution in [2.75, 3.05) is 6.61 Å². The lowest BCUT2D eigenvalue weighted by atomic mass is 10.1. The highest BCUT2D eigenvalue weighted by Crippen LogP contribution is 2.32. The molecule has 1 saturated heterocycles. The van der Waals surface area contributed by atoms with Crippen molar-refractivity contribution < 1.29 is 9.47 Å². The van der Waals surface area contributed by atoms with E-state index in [4.69, 9.17) is 15.2 Å². The molecule has 1 aliphatic rings. The van der Waals surface area contributed by atoms with Gasteiger partial charge >= 0.3 is 0 Å². The first-order chi connectivity index (χ1) is 8.91. The molecule has 1 aliphatic heterocycles. The Kier molecular flexibility index (Phi) is 4.54. The highest BCUT2D eigenvalue weighted by Gasteiger charge is 2.32. The normalized spacial score (nSPS) is 21.6. The van der Waals surface area contributed by atoms with Gasteiger partial charge in [0.25, 0.3) is 0 Å². The molecule has 106 valence electrons. The predicted molar refractivity (Wildman–Crippen MR) is 80.5 cm³/mol. The topological polar surface area (TPSA) is 44.5 Å². The second-order valence-corrected chi connectivity index (χ2v) is 6.68. The van der Waals surface area contributed by atoms with Crippen LogP contribution in [0.15, 0.2) is 16.6 Å². The monoisotopic (exact) mass is 327 g/mol. The van der Waals surface area contributed by atoms with Crippen LogP contribution in [-0.2, 0) is 11.3 Å². The third-order valence-electron chi connectivity index (χ3n) is 3.50. The summed E-state index contributed by atoms with van der Waals surface area (Å²) < 4.78 is 12.9. The van der Waals surface area contributed by atoms with Crippen molar-refractivity contribution >= 4 is 15.9 Å². The number of nitrogens with two attached hydrogens (primary N) is 1. The fourth-order valence-electron chi connectivity index (χ4n) is 2.53. The van der Waals surface area contributed by atoms with Gasteiger partial charge in [-0.3, -0.25) is 0 Å². The first-order valence-corrected chi connectivity index (χ1v) is 7.50. The number of ether oxygens (including phenoxy) is 2. The standard InChI is InChI=1S/C15H22BrNO2/c1-10-6-12(16)7-11(8-17)14(10)18-9-13-4-5-15(2,3)19-13/h6-7,13H,4-5,8-9,17H2,1-3H3. The summed E-state index contributed by atoms with van der Waals surface area (Å²) in [6.07, 6.45) is 2.33. The van der Waals surface area contributed by atoms with Crippen LogP contribution in [0.4, 0.5) is 0 Å². The largest absolute Gasteiger partial charge is 0.490 e. The van der Waals surface area contributed by atoms with Gasteiger partial charge in [-0.1, -0.05) is 15.9 Å². The molecule has 0 amide bonds. The summed E-state index contributed by atoms with van der Waals surface area (Å²) in [5.74, 6) is 0.902. The Morgan fingerprint density at radius 1 is 1.47 bits per heavy atom. The van der Waals surface area contributed by atoms with Gasteiger partial charge in [0.1, 0.15) is 12.4 Å². The first kappa shape index (κ1) is 14.8. The Hall–Kier alpha value is -0.580. The molecular formula is C15H22BrNO2. The van der Waals surface area contributed by atoms with Crippen LogP contribution in [0.25, 0.3) is 0 Å². The van der Waals surface area contributed by atoms with Gasteiger partial charge in [-0.25, -0.2) is 0 Å². The summed E-state index contributed by atoms with van der Waals surface area (Å²) in [6.45, 7) is 7.37. The lowest BCUT2D eigenvalue weighted by Gasteiger charge is -2.20. The molecule has 2 rings (SSSR count). The quantitative estimate of drug-likeness (QED) is 0.919. The third-order valence-corrected chi connectivity index (χ3v) is 3.96. The molecule has 19 heavy (non-hydrogen) atoms. The minimum Gasteiger partial charge on any atom is -0.490 e. The van der Waals surface area contributed by atoms with Gasteiger partial charge in [0.15, 0.2) is 0 Å².